The van der Waals surface area contributed by atoms with Crippen LogP contribution >= 0.6 is 15.9 Å². The lowest BCUT2D eigenvalue weighted by Gasteiger charge is -2.18. The van der Waals surface area contributed by atoms with Crippen LogP contribution in [0.1, 0.15) is 63.5 Å². The van der Waals surface area contributed by atoms with Gasteiger partial charge in [-0.25, -0.2) is 8.78 Å². The zero-order valence-corrected chi connectivity index (χ0v) is 13.9. The fraction of sp³-hybridized carbons (Fsp3) is 0.625. The number of benzene rings is 1. The molecule has 1 unspecified atom stereocenters. The Balaban J connectivity index is 2.56. The van der Waals surface area contributed by atoms with Gasteiger partial charge in [-0.15, -0.1) is 0 Å². The first-order valence-corrected chi connectivity index (χ1v) is 8.21. The van der Waals surface area contributed by atoms with E-state index in [2.05, 4.69) is 28.2 Å². The van der Waals surface area contributed by atoms with Gasteiger partial charge < -0.3 is 5.32 Å². The highest BCUT2D eigenvalue weighted by atomic mass is 79.9. The van der Waals surface area contributed by atoms with Crippen LogP contribution < -0.4 is 5.32 Å². The Kier molecular flexibility index (Phi) is 8.31. The van der Waals surface area contributed by atoms with Crippen molar-refractivity contribution in [1.82, 2.24) is 5.32 Å². The third kappa shape index (κ3) is 5.13. The highest BCUT2D eigenvalue weighted by molar-refractivity contribution is 9.10. The van der Waals surface area contributed by atoms with Gasteiger partial charge in [-0.05, 0) is 41.5 Å². The van der Waals surface area contributed by atoms with E-state index in [1.54, 1.807) is 7.05 Å². The van der Waals surface area contributed by atoms with E-state index in [-0.39, 0.29) is 11.6 Å². The second-order valence-electron chi connectivity index (χ2n) is 5.15. The van der Waals surface area contributed by atoms with Crippen LogP contribution in [0.3, 0.4) is 0 Å². The van der Waals surface area contributed by atoms with E-state index in [0.717, 1.165) is 19.3 Å². The molecule has 1 rings (SSSR count). The molecule has 0 radical (unpaired) electrons. The number of unbranched alkanes of at least 4 members (excludes halogenated alkanes) is 5. The summed E-state index contributed by atoms with van der Waals surface area (Å²) in [4.78, 5) is 0. The normalized spacial score (nSPS) is 12.7. The van der Waals surface area contributed by atoms with Gasteiger partial charge in [-0.3, -0.25) is 0 Å². The first kappa shape index (κ1) is 17.6. The molecule has 0 aliphatic heterocycles. The van der Waals surface area contributed by atoms with Crippen LogP contribution in [-0.4, -0.2) is 7.05 Å². The van der Waals surface area contributed by atoms with E-state index in [1.165, 1.54) is 37.8 Å². The molecule has 0 spiro atoms. The quantitative estimate of drug-likeness (QED) is 0.443. The summed E-state index contributed by atoms with van der Waals surface area (Å²) in [5.74, 6) is -0.966. The van der Waals surface area contributed by atoms with Crippen molar-refractivity contribution < 1.29 is 8.78 Å². The lowest BCUT2D eigenvalue weighted by atomic mass is 9.98. The molecule has 0 aliphatic carbocycles. The van der Waals surface area contributed by atoms with E-state index in [0.29, 0.717) is 4.47 Å². The van der Waals surface area contributed by atoms with E-state index in [4.69, 9.17) is 0 Å². The molecule has 1 aromatic carbocycles. The smallest absolute Gasteiger partial charge is 0.145 e. The second-order valence-corrected chi connectivity index (χ2v) is 6.01. The van der Waals surface area contributed by atoms with Crippen LogP contribution in [0.4, 0.5) is 8.78 Å². The predicted octanol–water partition coefficient (Wildman–Crippen LogP) is 5.74. The summed E-state index contributed by atoms with van der Waals surface area (Å²) in [6, 6.07) is 2.46. The lowest BCUT2D eigenvalue weighted by molar-refractivity contribution is 0.449. The van der Waals surface area contributed by atoms with Gasteiger partial charge in [-0.1, -0.05) is 45.4 Å². The van der Waals surface area contributed by atoms with Crippen molar-refractivity contribution in [2.45, 2.75) is 57.9 Å². The van der Waals surface area contributed by atoms with Crippen LogP contribution in [0.15, 0.2) is 16.6 Å². The molecule has 0 saturated heterocycles. The first-order chi connectivity index (χ1) is 9.61. The minimum Gasteiger partial charge on any atom is -0.313 e. The van der Waals surface area contributed by atoms with Crippen molar-refractivity contribution in [3.05, 3.63) is 33.8 Å². The summed E-state index contributed by atoms with van der Waals surface area (Å²) in [6.07, 6.45) is 7.81. The van der Waals surface area contributed by atoms with Crippen molar-refractivity contribution >= 4 is 15.9 Å². The SMILES string of the molecule is CCCCCCCCC(NC)c1c(F)ccc(Br)c1F. The highest BCUT2D eigenvalue weighted by Crippen LogP contribution is 2.29. The standard InChI is InChI=1S/C16H24BrF2N/c1-3-4-5-6-7-8-9-14(20-2)15-13(18)11-10-12(17)16(15)19/h10-11,14,20H,3-9H2,1-2H3. The van der Waals surface area contributed by atoms with Crippen LogP contribution in [-0.2, 0) is 0 Å². The van der Waals surface area contributed by atoms with Crippen molar-refractivity contribution in [2.24, 2.45) is 0 Å². The van der Waals surface area contributed by atoms with Gasteiger partial charge in [0.05, 0.1) is 4.47 Å². The minimum atomic E-state index is -0.490. The molecule has 114 valence electrons. The van der Waals surface area contributed by atoms with Gasteiger partial charge in [0.2, 0.25) is 0 Å². The Bertz CT molecular complexity index is 410. The zero-order chi connectivity index (χ0) is 15.0. The molecule has 0 amide bonds. The first-order valence-electron chi connectivity index (χ1n) is 7.42. The topological polar surface area (TPSA) is 12.0 Å². The molecule has 1 nitrogen and oxygen atoms in total. The van der Waals surface area contributed by atoms with Gasteiger partial charge in [0, 0.05) is 11.6 Å². The molecule has 0 aromatic heterocycles. The molecule has 1 atom stereocenters. The summed E-state index contributed by atoms with van der Waals surface area (Å²) in [5.41, 5.74) is 0.149. The fourth-order valence-electron chi connectivity index (χ4n) is 2.42. The van der Waals surface area contributed by atoms with Gasteiger partial charge >= 0.3 is 0 Å². The molecule has 0 bridgehead atoms. The maximum Gasteiger partial charge on any atom is 0.145 e. The maximum absolute atomic E-state index is 14.0. The molecule has 1 aromatic rings. The van der Waals surface area contributed by atoms with E-state index in [1.807, 2.05) is 0 Å². The minimum absolute atomic E-state index is 0.149. The van der Waals surface area contributed by atoms with E-state index >= 15 is 0 Å². The number of hydrogen-bond acceptors (Lipinski definition) is 1. The second kappa shape index (κ2) is 9.46. The fourth-order valence-corrected chi connectivity index (χ4v) is 2.77. The van der Waals surface area contributed by atoms with Gasteiger partial charge in [0.15, 0.2) is 0 Å². The van der Waals surface area contributed by atoms with Crippen LogP contribution in [0.5, 0.6) is 0 Å². The zero-order valence-electron chi connectivity index (χ0n) is 12.3. The van der Waals surface area contributed by atoms with Crippen LogP contribution in [0, 0.1) is 11.6 Å². The van der Waals surface area contributed by atoms with Crippen LogP contribution in [0.25, 0.3) is 0 Å². The summed E-state index contributed by atoms with van der Waals surface area (Å²) < 4.78 is 28.2. The monoisotopic (exact) mass is 347 g/mol. The Hall–Kier alpha value is -0.480. The average Bonchev–Trinajstić information content (AvgIpc) is 2.45. The van der Waals surface area contributed by atoms with Crippen molar-refractivity contribution in [2.75, 3.05) is 7.05 Å². The predicted molar refractivity (Wildman–Crippen MR) is 83.9 cm³/mol. The molecule has 0 fully saturated rings. The molecule has 20 heavy (non-hydrogen) atoms. The Morgan fingerprint density at radius 2 is 1.75 bits per heavy atom. The Morgan fingerprint density at radius 3 is 2.40 bits per heavy atom. The molecule has 1 N–H and O–H groups in total. The number of hydrogen-bond donors (Lipinski definition) is 1. The Morgan fingerprint density at radius 1 is 1.10 bits per heavy atom. The molecular weight excluding hydrogens is 324 g/mol. The summed E-state index contributed by atoms with van der Waals surface area (Å²) >= 11 is 3.12. The molecule has 0 heterocycles. The summed E-state index contributed by atoms with van der Waals surface area (Å²) in [5, 5.41) is 3.03. The average molecular weight is 348 g/mol. The Labute approximate surface area is 129 Å². The molecule has 0 aliphatic rings. The highest BCUT2D eigenvalue weighted by Gasteiger charge is 2.20. The third-order valence-electron chi connectivity index (χ3n) is 3.62. The number of rotatable bonds is 9. The third-order valence-corrected chi connectivity index (χ3v) is 4.24. The van der Waals surface area contributed by atoms with Gasteiger partial charge in [-0.2, -0.15) is 0 Å². The number of halogens is 3. The van der Waals surface area contributed by atoms with E-state index < -0.39 is 11.6 Å². The lowest BCUT2D eigenvalue weighted by Crippen LogP contribution is -2.19. The molecule has 0 saturated carbocycles. The van der Waals surface area contributed by atoms with Crippen molar-refractivity contribution in [1.29, 1.82) is 0 Å². The maximum atomic E-state index is 14.0. The summed E-state index contributed by atoms with van der Waals surface area (Å²) in [7, 11) is 1.75. The largest absolute Gasteiger partial charge is 0.313 e. The summed E-state index contributed by atoms with van der Waals surface area (Å²) in [6.45, 7) is 2.19. The van der Waals surface area contributed by atoms with E-state index in [9.17, 15) is 8.78 Å². The van der Waals surface area contributed by atoms with Crippen LogP contribution in [0.2, 0.25) is 0 Å². The van der Waals surface area contributed by atoms with Crippen molar-refractivity contribution in [3.8, 4) is 0 Å². The van der Waals surface area contributed by atoms with Crippen molar-refractivity contribution in [3.63, 3.8) is 0 Å². The molecule has 4 heteroatoms. The molecular formula is C16H24BrF2N. The number of nitrogens with one attached hydrogen (secondary N) is 1. The van der Waals surface area contributed by atoms with Gasteiger partial charge in [0.25, 0.3) is 0 Å². The van der Waals surface area contributed by atoms with Gasteiger partial charge in [0.1, 0.15) is 11.6 Å².